The van der Waals surface area contributed by atoms with Crippen molar-refractivity contribution in [2.24, 2.45) is 0 Å². The SMILES string of the molecule is CCC(=O)c1ccc2c(c1)c1ccccc1n2-c1ccccc1. The molecule has 2 nitrogen and oxygen atoms in total. The minimum Gasteiger partial charge on any atom is -0.309 e. The van der Waals surface area contributed by atoms with E-state index in [1.165, 1.54) is 5.39 Å². The zero-order valence-electron chi connectivity index (χ0n) is 13.0. The van der Waals surface area contributed by atoms with Crippen LogP contribution >= 0.6 is 0 Å². The van der Waals surface area contributed by atoms with Gasteiger partial charge in [0.1, 0.15) is 0 Å². The van der Waals surface area contributed by atoms with Gasteiger partial charge >= 0.3 is 0 Å². The number of Topliss-reactive ketones (excluding diaryl/α,β-unsaturated/α-hetero) is 1. The number of hydrogen-bond acceptors (Lipinski definition) is 1. The average Bonchev–Trinajstić information content (AvgIpc) is 2.95. The van der Waals surface area contributed by atoms with Crippen LogP contribution in [-0.4, -0.2) is 10.4 Å². The first-order valence-corrected chi connectivity index (χ1v) is 7.91. The molecule has 112 valence electrons. The van der Waals surface area contributed by atoms with Crippen LogP contribution in [0.2, 0.25) is 0 Å². The fourth-order valence-corrected chi connectivity index (χ4v) is 3.21. The molecular weight excluding hydrogens is 282 g/mol. The number of aromatic nitrogens is 1. The van der Waals surface area contributed by atoms with Crippen LogP contribution in [0.5, 0.6) is 0 Å². The quantitative estimate of drug-likeness (QED) is 0.466. The van der Waals surface area contributed by atoms with Crippen molar-refractivity contribution >= 4 is 27.6 Å². The zero-order valence-corrected chi connectivity index (χ0v) is 13.0. The Labute approximate surface area is 135 Å². The summed E-state index contributed by atoms with van der Waals surface area (Å²) in [6.07, 6.45) is 0.531. The van der Waals surface area contributed by atoms with E-state index in [0.717, 1.165) is 27.7 Å². The number of para-hydroxylation sites is 2. The molecule has 0 bridgehead atoms. The summed E-state index contributed by atoms with van der Waals surface area (Å²) in [7, 11) is 0. The summed E-state index contributed by atoms with van der Waals surface area (Å²) < 4.78 is 2.25. The van der Waals surface area contributed by atoms with Gasteiger partial charge in [-0.25, -0.2) is 0 Å². The largest absolute Gasteiger partial charge is 0.309 e. The van der Waals surface area contributed by atoms with E-state index >= 15 is 0 Å². The van der Waals surface area contributed by atoms with Gasteiger partial charge in [-0.15, -0.1) is 0 Å². The Morgan fingerprint density at radius 3 is 2.30 bits per heavy atom. The Balaban J connectivity index is 2.11. The van der Waals surface area contributed by atoms with Crippen LogP contribution in [0.4, 0.5) is 0 Å². The summed E-state index contributed by atoms with van der Waals surface area (Å²) in [5.41, 5.74) is 4.21. The number of fused-ring (bicyclic) bond motifs is 3. The molecule has 23 heavy (non-hydrogen) atoms. The topological polar surface area (TPSA) is 22.0 Å². The van der Waals surface area contributed by atoms with Crippen molar-refractivity contribution in [3.63, 3.8) is 0 Å². The molecule has 0 atom stereocenters. The summed E-state index contributed by atoms with van der Waals surface area (Å²) in [5.74, 6) is 0.184. The normalized spacial score (nSPS) is 11.2. The minimum atomic E-state index is 0.184. The Bertz CT molecular complexity index is 1010. The molecule has 0 aliphatic rings. The zero-order chi connectivity index (χ0) is 15.8. The highest BCUT2D eigenvalue weighted by Crippen LogP contribution is 2.32. The summed E-state index contributed by atoms with van der Waals surface area (Å²) >= 11 is 0. The highest BCUT2D eigenvalue weighted by molar-refractivity contribution is 6.11. The second kappa shape index (κ2) is 5.40. The molecule has 0 N–H and O–H groups in total. The molecule has 0 amide bonds. The molecule has 0 spiro atoms. The highest BCUT2D eigenvalue weighted by Gasteiger charge is 2.13. The third-order valence-corrected chi connectivity index (χ3v) is 4.33. The van der Waals surface area contributed by atoms with Gasteiger partial charge in [0.25, 0.3) is 0 Å². The molecule has 4 rings (SSSR count). The summed E-state index contributed by atoms with van der Waals surface area (Å²) in [4.78, 5) is 12.1. The van der Waals surface area contributed by atoms with Crippen LogP contribution in [0.1, 0.15) is 23.7 Å². The number of rotatable bonds is 3. The third-order valence-electron chi connectivity index (χ3n) is 4.33. The molecule has 0 aliphatic carbocycles. The monoisotopic (exact) mass is 299 g/mol. The maximum atomic E-state index is 12.1. The highest BCUT2D eigenvalue weighted by atomic mass is 16.1. The van der Waals surface area contributed by atoms with E-state index in [1.54, 1.807) is 0 Å². The van der Waals surface area contributed by atoms with Crippen molar-refractivity contribution in [2.75, 3.05) is 0 Å². The van der Waals surface area contributed by atoms with Gasteiger partial charge in [0, 0.05) is 28.4 Å². The van der Waals surface area contributed by atoms with E-state index in [0.29, 0.717) is 6.42 Å². The van der Waals surface area contributed by atoms with Gasteiger partial charge in [0.2, 0.25) is 0 Å². The first-order chi connectivity index (χ1) is 11.3. The van der Waals surface area contributed by atoms with E-state index in [4.69, 9.17) is 0 Å². The second-order valence-corrected chi connectivity index (χ2v) is 5.70. The number of carbonyl (C=O) groups is 1. The lowest BCUT2D eigenvalue weighted by Gasteiger charge is -2.07. The first-order valence-electron chi connectivity index (χ1n) is 7.91. The molecule has 1 heterocycles. The Hall–Kier alpha value is -2.87. The lowest BCUT2D eigenvalue weighted by atomic mass is 10.1. The molecule has 0 radical (unpaired) electrons. The number of nitrogens with zero attached hydrogens (tertiary/aromatic N) is 1. The third kappa shape index (κ3) is 2.15. The summed E-state index contributed by atoms with van der Waals surface area (Å²) in [6, 6.07) is 24.7. The van der Waals surface area contributed by atoms with E-state index in [1.807, 2.05) is 43.3 Å². The molecular formula is C21H17NO. The number of ketones is 1. The van der Waals surface area contributed by atoms with Crippen LogP contribution in [-0.2, 0) is 0 Å². The smallest absolute Gasteiger partial charge is 0.162 e. The fourth-order valence-electron chi connectivity index (χ4n) is 3.21. The van der Waals surface area contributed by atoms with E-state index in [2.05, 4.69) is 41.0 Å². The van der Waals surface area contributed by atoms with Gasteiger partial charge in [-0.1, -0.05) is 43.3 Å². The van der Waals surface area contributed by atoms with Crippen LogP contribution < -0.4 is 0 Å². The van der Waals surface area contributed by atoms with Crippen LogP contribution in [0.15, 0.2) is 72.8 Å². The van der Waals surface area contributed by atoms with E-state index in [-0.39, 0.29) is 5.78 Å². The number of benzene rings is 3. The maximum absolute atomic E-state index is 12.1. The minimum absolute atomic E-state index is 0.184. The van der Waals surface area contributed by atoms with Crippen molar-refractivity contribution in [3.8, 4) is 5.69 Å². The summed E-state index contributed by atoms with van der Waals surface area (Å²) in [5, 5.41) is 2.31. The predicted octanol–water partition coefficient (Wildman–Crippen LogP) is 5.38. The van der Waals surface area contributed by atoms with Gasteiger partial charge in [0.15, 0.2) is 5.78 Å². The van der Waals surface area contributed by atoms with Gasteiger partial charge < -0.3 is 4.57 Å². The van der Waals surface area contributed by atoms with Crippen molar-refractivity contribution in [1.29, 1.82) is 0 Å². The van der Waals surface area contributed by atoms with Crippen molar-refractivity contribution in [3.05, 3.63) is 78.4 Å². The van der Waals surface area contributed by atoms with E-state index in [9.17, 15) is 4.79 Å². The van der Waals surface area contributed by atoms with Gasteiger partial charge in [-0.2, -0.15) is 0 Å². The van der Waals surface area contributed by atoms with Crippen molar-refractivity contribution in [2.45, 2.75) is 13.3 Å². The number of carbonyl (C=O) groups excluding carboxylic acids is 1. The Morgan fingerprint density at radius 2 is 1.52 bits per heavy atom. The van der Waals surface area contributed by atoms with Crippen LogP contribution in [0.3, 0.4) is 0 Å². The predicted molar refractivity (Wildman–Crippen MR) is 95.4 cm³/mol. The molecule has 2 heteroatoms. The Kier molecular flexibility index (Phi) is 3.23. The number of hydrogen-bond donors (Lipinski definition) is 0. The molecule has 3 aromatic carbocycles. The van der Waals surface area contributed by atoms with Crippen molar-refractivity contribution in [1.82, 2.24) is 4.57 Å². The lowest BCUT2D eigenvalue weighted by molar-refractivity contribution is 0.0988. The molecule has 0 fully saturated rings. The van der Waals surface area contributed by atoms with Gasteiger partial charge in [0.05, 0.1) is 11.0 Å². The Morgan fingerprint density at radius 1 is 0.826 bits per heavy atom. The van der Waals surface area contributed by atoms with Crippen LogP contribution in [0, 0.1) is 0 Å². The van der Waals surface area contributed by atoms with Crippen LogP contribution in [0.25, 0.3) is 27.5 Å². The van der Waals surface area contributed by atoms with Gasteiger partial charge in [-0.05, 0) is 36.4 Å². The second-order valence-electron chi connectivity index (χ2n) is 5.70. The standard InChI is InChI=1S/C21H17NO/c1-2-21(23)15-12-13-20-18(14-15)17-10-6-7-11-19(17)22(20)16-8-4-3-5-9-16/h3-14H,2H2,1H3. The van der Waals surface area contributed by atoms with E-state index < -0.39 is 0 Å². The van der Waals surface area contributed by atoms with Crippen molar-refractivity contribution < 1.29 is 4.79 Å². The molecule has 0 saturated heterocycles. The lowest BCUT2D eigenvalue weighted by Crippen LogP contribution is -1.97. The first kappa shape index (κ1) is 13.8. The molecule has 1 aromatic heterocycles. The average molecular weight is 299 g/mol. The molecule has 0 aliphatic heterocycles. The molecule has 0 saturated carbocycles. The summed E-state index contributed by atoms with van der Waals surface area (Å²) in [6.45, 7) is 1.90. The fraction of sp³-hybridized carbons (Fsp3) is 0.0952. The molecule has 0 unspecified atom stereocenters. The molecule has 4 aromatic rings. The van der Waals surface area contributed by atoms with Gasteiger partial charge in [-0.3, -0.25) is 4.79 Å². The maximum Gasteiger partial charge on any atom is 0.162 e.